The van der Waals surface area contributed by atoms with E-state index in [0.717, 1.165) is 0 Å². The zero-order valence-corrected chi connectivity index (χ0v) is 12.8. The normalized spacial score (nSPS) is 10.7. The van der Waals surface area contributed by atoms with Gasteiger partial charge in [0.15, 0.2) is 0 Å². The van der Waals surface area contributed by atoms with Gasteiger partial charge in [0.05, 0.1) is 12.1 Å². The number of carbonyl (C=O) groups is 2. The summed E-state index contributed by atoms with van der Waals surface area (Å²) in [5, 5.41) is 4.75. The molecule has 116 valence electrons. The summed E-state index contributed by atoms with van der Waals surface area (Å²) in [5.74, 6) is -1.18. The molecule has 0 aliphatic heterocycles. The Morgan fingerprint density at radius 2 is 2.05 bits per heavy atom. The summed E-state index contributed by atoms with van der Waals surface area (Å²) >= 11 is 1.23. The van der Waals surface area contributed by atoms with Gasteiger partial charge < -0.3 is 11.1 Å². The van der Waals surface area contributed by atoms with Gasteiger partial charge in [0, 0.05) is 12.1 Å². The zero-order valence-electron chi connectivity index (χ0n) is 12.0. The molecule has 0 aliphatic carbocycles. The number of nitrogens with two attached hydrogens (primary N) is 1. The summed E-state index contributed by atoms with van der Waals surface area (Å²) in [4.78, 5) is 24.9. The van der Waals surface area contributed by atoms with Crippen LogP contribution in [0.3, 0.4) is 0 Å². The molecular weight excluding hydrogens is 305 g/mol. The van der Waals surface area contributed by atoms with Crippen molar-refractivity contribution in [3.05, 3.63) is 52.7 Å². The van der Waals surface area contributed by atoms with Crippen molar-refractivity contribution in [3.63, 3.8) is 0 Å². The molecule has 0 spiro atoms. The quantitative estimate of drug-likeness (QED) is 0.855. The number of halogens is 1. The molecule has 0 fully saturated rings. The molecule has 2 amide bonds. The van der Waals surface area contributed by atoms with Gasteiger partial charge in [-0.15, -0.1) is 11.3 Å². The predicted molar refractivity (Wildman–Crippen MR) is 84.2 cm³/mol. The molecule has 0 aliphatic rings. The van der Waals surface area contributed by atoms with Crippen LogP contribution in [0, 0.1) is 5.82 Å². The molecule has 0 unspecified atom stereocenters. The van der Waals surface area contributed by atoms with Gasteiger partial charge in [-0.1, -0.05) is 18.2 Å². The van der Waals surface area contributed by atoms with Crippen molar-refractivity contribution in [3.8, 4) is 0 Å². The van der Waals surface area contributed by atoms with Crippen molar-refractivity contribution in [2.45, 2.75) is 6.54 Å². The average Bonchev–Trinajstić information content (AvgIpc) is 2.89. The monoisotopic (exact) mass is 321 g/mol. The summed E-state index contributed by atoms with van der Waals surface area (Å²) in [6, 6.07) is 7.98. The Labute approximate surface area is 131 Å². The number of carbonyl (C=O) groups excluding carboxylic acids is 2. The minimum Gasteiger partial charge on any atom is -0.366 e. The Kier molecular flexibility index (Phi) is 5.24. The van der Waals surface area contributed by atoms with Crippen LogP contribution in [0.1, 0.15) is 15.9 Å². The van der Waals surface area contributed by atoms with Gasteiger partial charge >= 0.3 is 0 Å². The SMILES string of the molecule is CN(CC(=O)Nc1sccc1C(N)=O)Cc1ccccc1F. The largest absolute Gasteiger partial charge is 0.366 e. The maximum Gasteiger partial charge on any atom is 0.251 e. The van der Waals surface area contributed by atoms with Crippen molar-refractivity contribution >= 4 is 28.2 Å². The molecule has 7 heteroatoms. The summed E-state index contributed by atoms with van der Waals surface area (Å²) < 4.78 is 13.6. The molecule has 3 N–H and O–H groups in total. The van der Waals surface area contributed by atoms with Crippen molar-refractivity contribution < 1.29 is 14.0 Å². The van der Waals surface area contributed by atoms with Gasteiger partial charge in [-0.3, -0.25) is 14.5 Å². The van der Waals surface area contributed by atoms with Crippen molar-refractivity contribution in [1.29, 1.82) is 0 Å². The molecule has 1 aromatic heterocycles. The molecule has 0 saturated heterocycles. The van der Waals surface area contributed by atoms with Crippen molar-refractivity contribution in [2.75, 3.05) is 18.9 Å². The van der Waals surface area contributed by atoms with E-state index in [9.17, 15) is 14.0 Å². The second-order valence-electron chi connectivity index (χ2n) is 4.84. The van der Waals surface area contributed by atoms with Crippen LogP contribution in [0.15, 0.2) is 35.7 Å². The molecule has 22 heavy (non-hydrogen) atoms. The number of benzene rings is 1. The highest BCUT2D eigenvalue weighted by Gasteiger charge is 2.14. The third-order valence-electron chi connectivity index (χ3n) is 3.00. The highest BCUT2D eigenvalue weighted by molar-refractivity contribution is 7.14. The predicted octanol–water partition coefficient (Wildman–Crippen LogP) is 2.06. The van der Waals surface area contributed by atoms with Crippen LogP contribution < -0.4 is 11.1 Å². The van der Waals surface area contributed by atoms with Crippen molar-refractivity contribution in [2.24, 2.45) is 5.73 Å². The Morgan fingerprint density at radius 1 is 1.32 bits per heavy atom. The van der Waals surface area contributed by atoms with E-state index in [0.29, 0.717) is 17.1 Å². The van der Waals surface area contributed by atoms with Gasteiger partial charge in [0.1, 0.15) is 10.8 Å². The maximum atomic E-state index is 13.6. The number of rotatable bonds is 6. The molecular formula is C15H16FN3O2S. The first-order chi connectivity index (χ1) is 10.5. The van der Waals surface area contributed by atoms with Gasteiger partial charge in [0.25, 0.3) is 5.91 Å². The topological polar surface area (TPSA) is 75.4 Å². The Hall–Kier alpha value is -2.25. The van der Waals surface area contributed by atoms with Crippen LogP contribution in [0.25, 0.3) is 0 Å². The van der Waals surface area contributed by atoms with Crippen LogP contribution in [0.5, 0.6) is 0 Å². The van der Waals surface area contributed by atoms with Crippen LogP contribution in [-0.2, 0) is 11.3 Å². The molecule has 2 aromatic rings. The maximum absolute atomic E-state index is 13.6. The molecule has 1 aromatic carbocycles. The van der Waals surface area contributed by atoms with E-state index in [4.69, 9.17) is 5.73 Å². The summed E-state index contributed by atoms with van der Waals surface area (Å²) in [7, 11) is 1.72. The number of likely N-dealkylation sites (N-methyl/N-ethyl adjacent to an activating group) is 1. The van der Waals surface area contributed by atoms with Gasteiger partial charge in [-0.2, -0.15) is 0 Å². The van der Waals surface area contributed by atoms with E-state index in [2.05, 4.69) is 5.32 Å². The van der Waals surface area contributed by atoms with Crippen LogP contribution in [0.4, 0.5) is 9.39 Å². The zero-order chi connectivity index (χ0) is 16.1. The molecule has 0 saturated carbocycles. The minimum atomic E-state index is -0.587. The number of primary amides is 1. The number of hydrogen-bond donors (Lipinski definition) is 2. The standard InChI is InChI=1S/C15H16FN3O2S/c1-19(8-10-4-2-3-5-12(10)16)9-13(20)18-15-11(14(17)21)6-7-22-15/h2-7H,8-9H2,1H3,(H2,17,21)(H,18,20). The minimum absolute atomic E-state index is 0.0738. The number of nitrogens with zero attached hydrogens (tertiary/aromatic N) is 1. The van der Waals surface area contributed by atoms with Crippen LogP contribution in [-0.4, -0.2) is 30.3 Å². The first-order valence-electron chi connectivity index (χ1n) is 6.56. The first-order valence-corrected chi connectivity index (χ1v) is 7.44. The lowest BCUT2D eigenvalue weighted by Crippen LogP contribution is -2.30. The van der Waals surface area contributed by atoms with E-state index >= 15 is 0 Å². The fourth-order valence-electron chi connectivity index (χ4n) is 1.98. The average molecular weight is 321 g/mol. The van der Waals surface area contributed by atoms with Crippen LogP contribution >= 0.6 is 11.3 Å². The highest BCUT2D eigenvalue weighted by atomic mass is 32.1. The molecule has 2 rings (SSSR count). The van der Waals surface area contributed by atoms with Gasteiger partial charge in [0.2, 0.25) is 5.91 Å². The van der Waals surface area contributed by atoms with E-state index in [1.807, 2.05) is 0 Å². The first kappa shape index (κ1) is 16.1. The summed E-state index contributed by atoms with van der Waals surface area (Å²) in [6.45, 7) is 0.387. The van der Waals surface area contributed by atoms with E-state index in [1.165, 1.54) is 17.4 Å². The fraction of sp³-hybridized carbons (Fsp3) is 0.200. The third-order valence-corrected chi connectivity index (χ3v) is 3.83. The lowest BCUT2D eigenvalue weighted by atomic mass is 10.2. The number of thiophene rings is 1. The number of nitrogens with one attached hydrogen (secondary N) is 1. The lowest BCUT2D eigenvalue weighted by molar-refractivity contribution is -0.117. The van der Waals surface area contributed by atoms with E-state index in [-0.39, 0.29) is 23.8 Å². The number of hydrogen-bond acceptors (Lipinski definition) is 4. The van der Waals surface area contributed by atoms with Gasteiger partial charge in [-0.25, -0.2) is 4.39 Å². The van der Waals surface area contributed by atoms with Crippen molar-refractivity contribution in [1.82, 2.24) is 4.90 Å². The Morgan fingerprint density at radius 3 is 2.73 bits per heavy atom. The van der Waals surface area contributed by atoms with E-state index < -0.39 is 5.91 Å². The third kappa shape index (κ3) is 4.12. The summed E-state index contributed by atoms with van der Waals surface area (Å²) in [6.07, 6.45) is 0. The lowest BCUT2D eigenvalue weighted by Gasteiger charge is -2.16. The molecule has 1 heterocycles. The highest BCUT2D eigenvalue weighted by Crippen LogP contribution is 2.22. The Balaban J connectivity index is 1.93. The number of anilines is 1. The van der Waals surface area contributed by atoms with Gasteiger partial charge in [-0.05, 0) is 24.6 Å². The second kappa shape index (κ2) is 7.15. The molecule has 0 atom stereocenters. The molecule has 5 nitrogen and oxygen atoms in total. The molecule has 0 bridgehead atoms. The number of amides is 2. The van der Waals surface area contributed by atoms with Crippen LogP contribution in [0.2, 0.25) is 0 Å². The second-order valence-corrected chi connectivity index (χ2v) is 5.76. The fourth-order valence-corrected chi connectivity index (χ4v) is 2.79. The summed E-state index contributed by atoms with van der Waals surface area (Å²) in [5.41, 5.74) is 6.03. The molecule has 0 radical (unpaired) electrons. The Bertz CT molecular complexity index is 687. The van der Waals surface area contributed by atoms with E-state index in [1.54, 1.807) is 41.6 Å². The smallest absolute Gasteiger partial charge is 0.251 e.